The van der Waals surface area contributed by atoms with Crippen LogP contribution >= 0.6 is 11.8 Å². The SMILES string of the molecule is CC(O)[C@H]1C(=O)N2C(C(=O)O)=C([C@H](N)C(=O)O)S[C@H]12. The van der Waals surface area contributed by atoms with Gasteiger partial charge in [-0.05, 0) is 6.92 Å². The van der Waals surface area contributed by atoms with Crippen LogP contribution in [-0.4, -0.2) is 55.6 Å². The smallest absolute Gasteiger partial charge is 0.353 e. The number of carboxylic acids is 2. The fourth-order valence-corrected chi connectivity index (χ4v) is 3.75. The molecule has 2 rings (SSSR count). The van der Waals surface area contributed by atoms with Crippen LogP contribution in [0, 0.1) is 5.92 Å². The molecule has 8 nitrogen and oxygen atoms in total. The molecule has 0 aromatic heterocycles. The summed E-state index contributed by atoms with van der Waals surface area (Å²) in [6.45, 7) is 1.43. The van der Waals surface area contributed by atoms with Crippen molar-refractivity contribution in [2.24, 2.45) is 11.7 Å². The zero-order valence-corrected chi connectivity index (χ0v) is 10.6. The maximum absolute atomic E-state index is 11.8. The van der Waals surface area contributed by atoms with Gasteiger partial charge in [-0.2, -0.15) is 0 Å². The first-order valence-electron chi connectivity index (χ1n) is 5.41. The minimum Gasteiger partial charge on any atom is -0.480 e. The molecule has 2 aliphatic heterocycles. The average molecular weight is 288 g/mol. The lowest BCUT2D eigenvalue weighted by Gasteiger charge is -2.43. The molecule has 0 aromatic rings. The molecule has 0 bridgehead atoms. The normalized spacial score (nSPS) is 28.8. The number of rotatable bonds is 4. The van der Waals surface area contributed by atoms with Crippen molar-refractivity contribution in [1.82, 2.24) is 4.90 Å². The summed E-state index contributed by atoms with van der Waals surface area (Å²) in [5.41, 5.74) is 5.03. The van der Waals surface area contributed by atoms with Gasteiger partial charge in [0.15, 0.2) is 0 Å². The predicted octanol–water partition coefficient (Wildman–Crippen LogP) is -1.39. The molecule has 9 heteroatoms. The Morgan fingerprint density at radius 2 is 2.00 bits per heavy atom. The van der Waals surface area contributed by atoms with E-state index in [-0.39, 0.29) is 4.91 Å². The number of aliphatic hydroxyl groups excluding tert-OH is 1. The molecule has 19 heavy (non-hydrogen) atoms. The van der Waals surface area contributed by atoms with Crippen LogP contribution in [0.15, 0.2) is 10.6 Å². The van der Waals surface area contributed by atoms with Crippen molar-refractivity contribution in [3.05, 3.63) is 10.6 Å². The van der Waals surface area contributed by atoms with Crippen LogP contribution in [0.1, 0.15) is 6.92 Å². The standard InChI is InChI=1S/C10H12N2O6S/c1-2(13)3-7(14)12-5(10(17)18)6(19-8(3)12)4(11)9(15)16/h2-4,8,13H,11H2,1H3,(H,15,16)(H,17,18)/t2?,3-,4-,8+/m0/s1. The average Bonchev–Trinajstić information content (AvgIpc) is 2.62. The lowest BCUT2D eigenvalue weighted by Crippen LogP contribution is -2.60. The van der Waals surface area contributed by atoms with Gasteiger partial charge >= 0.3 is 11.9 Å². The van der Waals surface area contributed by atoms with Crippen LogP contribution in [0.4, 0.5) is 0 Å². The minimum atomic E-state index is -1.50. The topological polar surface area (TPSA) is 141 Å². The van der Waals surface area contributed by atoms with Gasteiger partial charge in [0, 0.05) is 4.91 Å². The molecule has 0 aliphatic carbocycles. The van der Waals surface area contributed by atoms with Gasteiger partial charge in [-0.25, -0.2) is 4.79 Å². The predicted molar refractivity (Wildman–Crippen MR) is 63.7 cm³/mol. The Morgan fingerprint density at radius 1 is 1.42 bits per heavy atom. The third kappa shape index (κ3) is 1.90. The number of carbonyl (C=O) groups is 3. The van der Waals surface area contributed by atoms with Crippen molar-refractivity contribution in [2.45, 2.75) is 24.4 Å². The molecule has 4 atom stereocenters. The molecule has 0 radical (unpaired) electrons. The molecule has 104 valence electrons. The summed E-state index contributed by atoms with van der Waals surface area (Å²) in [7, 11) is 0. The molecule has 1 unspecified atom stereocenters. The van der Waals surface area contributed by atoms with Crippen LogP contribution < -0.4 is 5.73 Å². The van der Waals surface area contributed by atoms with Gasteiger partial charge < -0.3 is 21.1 Å². The van der Waals surface area contributed by atoms with E-state index in [2.05, 4.69) is 0 Å². The number of nitrogens with zero attached hydrogens (tertiary/aromatic N) is 1. The Hall–Kier alpha value is -1.58. The van der Waals surface area contributed by atoms with Crippen molar-refractivity contribution >= 4 is 29.6 Å². The molecule has 0 spiro atoms. The van der Waals surface area contributed by atoms with Gasteiger partial charge in [0.2, 0.25) is 5.91 Å². The Bertz CT molecular complexity index is 502. The van der Waals surface area contributed by atoms with Crippen LogP contribution in [-0.2, 0) is 14.4 Å². The number of β-lactam (4-membered cyclic amide) rings is 1. The highest BCUT2D eigenvalue weighted by Gasteiger charge is 2.58. The van der Waals surface area contributed by atoms with Crippen LogP contribution in [0.5, 0.6) is 0 Å². The quantitative estimate of drug-likeness (QED) is 0.463. The number of hydrogen-bond donors (Lipinski definition) is 4. The van der Waals surface area contributed by atoms with Crippen molar-refractivity contribution in [3.63, 3.8) is 0 Å². The van der Waals surface area contributed by atoms with E-state index in [0.29, 0.717) is 0 Å². The molecule has 1 amide bonds. The Balaban J connectivity index is 2.37. The first kappa shape index (κ1) is 13.8. The molecule has 5 N–H and O–H groups in total. The number of amides is 1. The number of nitrogens with two attached hydrogens (primary N) is 1. The second-order valence-electron chi connectivity index (χ2n) is 4.32. The van der Waals surface area contributed by atoms with Gasteiger partial charge in [0.1, 0.15) is 17.1 Å². The largest absolute Gasteiger partial charge is 0.480 e. The second kappa shape index (κ2) is 4.51. The number of fused-ring (bicyclic) bond motifs is 1. The number of aliphatic hydroxyl groups is 1. The monoisotopic (exact) mass is 288 g/mol. The van der Waals surface area contributed by atoms with E-state index in [1.165, 1.54) is 6.92 Å². The fraction of sp³-hybridized carbons (Fsp3) is 0.500. The Labute approximate surface area is 111 Å². The summed E-state index contributed by atoms with van der Waals surface area (Å²) in [6, 6.07) is -1.50. The highest BCUT2D eigenvalue weighted by atomic mass is 32.2. The van der Waals surface area contributed by atoms with Gasteiger partial charge in [0.05, 0.1) is 12.0 Å². The van der Waals surface area contributed by atoms with Crippen molar-refractivity contribution in [2.75, 3.05) is 0 Å². The third-order valence-corrected chi connectivity index (χ3v) is 4.52. The first-order valence-corrected chi connectivity index (χ1v) is 6.29. The molecule has 1 saturated heterocycles. The van der Waals surface area contributed by atoms with E-state index in [4.69, 9.17) is 15.9 Å². The second-order valence-corrected chi connectivity index (χ2v) is 5.48. The van der Waals surface area contributed by atoms with E-state index in [9.17, 15) is 19.5 Å². The zero-order chi connectivity index (χ0) is 14.5. The van der Waals surface area contributed by atoms with Gasteiger partial charge in [-0.3, -0.25) is 14.5 Å². The molecular formula is C10H12N2O6S. The summed E-state index contributed by atoms with van der Waals surface area (Å²) in [6.07, 6.45) is -0.934. The molecular weight excluding hydrogens is 276 g/mol. The van der Waals surface area contributed by atoms with E-state index in [1.807, 2.05) is 0 Å². The number of hydrogen-bond acceptors (Lipinski definition) is 6. The number of aliphatic carboxylic acids is 2. The van der Waals surface area contributed by atoms with Crippen molar-refractivity contribution in [1.29, 1.82) is 0 Å². The highest BCUT2D eigenvalue weighted by Crippen LogP contribution is 2.50. The molecule has 0 aromatic carbocycles. The minimum absolute atomic E-state index is 0.0681. The lowest BCUT2D eigenvalue weighted by atomic mass is 9.92. The van der Waals surface area contributed by atoms with Gasteiger partial charge in [-0.1, -0.05) is 11.8 Å². The van der Waals surface area contributed by atoms with Crippen LogP contribution in [0.25, 0.3) is 0 Å². The summed E-state index contributed by atoms with van der Waals surface area (Å²) in [4.78, 5) is 34.8. The van der Waals surface area contributed by atoms with E-state index >= 15 is 0 Å². The summed E-state index contributed by atoms with van der Waals surface area (Å²) in [5, 5.41) is 26.8. The molecule has 2 aliphatic rings. The van der Waals surface area contributed by atoms with Crippen molar-refractivity contribution in [3.8, 4) is 0 Å². The van der Waals surface area contributed by atoms with E-state index in [0.717, 1.165) is 16.7 Å². The zero-order valence-electron chi connectivity index (χ0n) is 9.81. The van der Waals surface area contributed by atoms with Gasteiger partial charge in [0.25, 0.3) is 0 Å². The van der Waals surface area contributed by atoms with Gasteiger partial charge in [-0.15, -0.1) is 0 Å². The number of carbonyl (C=O) groups excluding carboxylic acids is 1. The maximum atomic E-state index is 11.8. The fourth-order valence-electron chi connectivity index (χ4n) is 2.14. The third-order valence-electron chi connectivity index (χ3n) is 3.08. The molecule has 1 fully saturated rings. The van der Waals surface area contributed by atoms with Crippen LogP contribution in [0.3, 0.4) is 0 Å². The Kier molecular flexibility index (Phi) is 3.29. The first-order chi connectivity index (χ1) is 8.77. The highest BCUT2D eigenvalue weighted by molar-refractivity contribution is 8.04. The van der Waals surface area contributed by atoms with E-state index in [1.54, 1.807) is 0 Å². The van der Waals surface area contributed by atoms with E-state index < -0.39 is 47.0 Å². The van der Waals surface area contributed by atoms with Crippen molar-refractivity contribution < 1.29 is 29.7 Å². The number of carboxylic acid groups (broad SMARTS) is 2. The summed E-state index contributed by atoms with van der Waals surface area (Å²) in [5.74, 6) is -4.04. The molecule has 2 heterocycles. The maximum Gasteiger partial charge on any atom is 0.353 e. The number of thioether (sulfide) groups is 1. The molecule has 0 saturated carbocycles. The Morgan fingerprint density at radius 3 is 2.42 bits per heavy atom. The lowest BCUT2D eigenvalue weighted by molar-refractivity contribution is -0.156. The van der Waals surface area contributed by atoms with Crippen LogP contribution in [0.2, 0.25) is 0 Å². The summed E-state index contributed by atoms with van der Waals surface area (Å²) >= 11 is 0.912. The summed E-state index contributed by atoms with van der Waals surface area (Å²) < 4.78 is 0.